The number of carbonyl (C=O) groups is 2. The smallest absolute Gasteiger partial charge is 0.295 e. The Labute approximate surface area is 235 Å². The maximum atomic E-state index is 13.4. The van der Waals surface area contributed by atoms with E-state index in [1.807, 2.05) is 13.8 Å². The lowest BCUT2D eigenvalue weighted by atomic mass is 9.94. The van der Waals surface area contributed by atoms with Crippen LogP contribution in [0.5, 0.6) is 17.2 Å². The van der Waals surface area contributed by atoms with E-state index >= 15 is 0 Å². The molecule has 2 aromatic carbocycles. The van der Waals surface area contributed by atoms with E-state index in [-0.39, 0.29) is 22.8 Å². The molecule has 2 heterocycles. The molecule has 2 saturated heterocycles. The molecule has 9 nitrogen and oxygen atoms in total. The number of ketones is 1. The second kappa shape index (κ2) is 13.7. The number of Topliss-reactive ketones (excluding diaryl/α,β-unsaturated/α-hetero) is 1. The van der Waals surface area contributed by atoms with E-state index in [9.17, 15) is 19.8 Å². The van der Waals surface area contributed by atoms with Crippen LogP contribution in [-0.2, 0) is 14.3 Å². The number of aromatic hydroxyl groups is 1. The van der Waals surface area contributed by atoms with Crippen LogP contribution >= 0.6 is 0 Å². The number of aliphatic hydroxyl groups excluding tert-OH is 1. The van der Waals surface area contributed by atoms with E-state index in [2.05, 4.69) is 11.8 Å². The molecule has 216 valence electrons. The molecule has 0 saturated carbocycles. The van der Waals surface area contributed by atoms with E-state index < -0.39 is 17.7 Å². The summed E-state index contributed by atoms with van der Waals surface area (Å²) < 4.78 is 16.9. The van der Waals surface area contributed by atoms with Gasteiger partial charge in [0.25, 0.3) is 11.7 Å². The maximum Gasteiger partial charge on any atom is 0.295 e. The number of phenols is 1. The molecule has 2 aliphatic heterocycles. The van der Waals surface area contributed by atoms with Crippen LogP contribution in [0, 0.1) is 6.92 Å². The highest BCUT2D eigenvalue weighted by atomic mass is 16.5. The summed E-state index contributed by atoms with van der Waals surface area (Å²) in [5, 5.41) is 21.8. The van der Waals surface area contributed by atoms with Crippen LogP contribution in [0.4, 0.5) is 0 Å². The van der Waals surface area contributed by atoms with Gasteiger partial charge in [0, 0.05) is 31.7 Å². The number of hydrogen-bond acceptors (Lipinski definition) is 8. The molecular formula is C31H40N2O7. The average molecular weight is 553 g/mol. The molecule has 1 amide bonds. The number of unbranched alkanes of at least 4 members (excludes halogenated alkanes) is 1. The van der Waals surface area contributed by atoms with Crippen molar-refractivity contribution >= 4 is 17.4 Å². The minimum atomic E-state index is -0.828. The average Bonchev–Trinajstić information content (AvgIpc) is 3.20. The number of aryl methyl sites for hydroxylation is 1. The molecule has 2 fully saturated rings. The first-order chi connectivity index (χ1) is 19.3. The van der Waals surface area contributed by atoms with Gasteiger partial charge >= 0.3 is 0 Å². The number of morpholine rings is 1. The lowest BCUT2D eigenvalue weighted by Crippen LogP contribution is -2.38. The van der Waals surface area contributed by atoms with Crippen LogP contribution < -0.4 is 9.47 Å². The van der Waals surface area contributed by atoms with Crippen LogP contribution in [0.1, 0.15) is 55.8 Å². The van der Waals surface area contributed by atoms with Crippen molar-refractivity contribution in [3.05, 3.63) is 58.7 Å². The van der Waals surface area contributed by atoms with Gasteiger partial charge in [0.2, 0.25) is 0 Å². The summed E-state index contributed by atoms with van der Waals surface area (Å²) in [6, 6.07) is 9.20. The van der Waals surface area contributed by atoms with Crippen LogP contribution in [0.2, 0.25) is 0 Å². The van der Waals surface area contributed by atoms with Gasteiger partial charge in [0.05, 0.1) is 38.0 Å². The van der Waals surface area contributed by atoms with E-state index in [0.29, 0.717) is 56.3 Å². The Kier molecular flexibility index (Phi) is 10.1. The normalized spacial score (nSPS) is 19.3. The largest absolute Gasteiger partial charge is 0.507 e. The zero-order chi connectivity index (χ0) is 28.6. The van der Waals surface area contributed by atoms with Crippen molar-refractivity contribution in [3.8, 4) is 17.2 Å². The van der Waals surface area contributed by atoms with Crippen LogP contribution in [-0.4, -0.2) is 84.3 Å². The third kappa shape index (κ3) is 6.59. The van der Waals surface area contributed by atoms with E-state index in [1.165, 1.54) is 11.0 Å². The first kappa shape index (κ1) is 29.4. The molecule has 0 bridgehead atoms. The van der Waals surface area contributed by atoms with E-state index in [1.54, 1.807) is 30.3 Å². The first-order valence-corrected chi connectivity index (χ1v) is 14.1. The molecule has 0 aromatic heterocycles. The lowest BCUT2D eigenvalue weighted by molar-refractivity contribution is -0.140. The molecular weight excluding hydrogens is 512 g/mol. The molecule has 2 N–H and O–H groups in total. The topological polar surface area (TPSA) is 109 Å². The summed E-state index contributed by atoms with van der Waals surface area (Å²) >= 11 is 0. The number of nitrogens with zero attached hydrogens (tertiary/aromatic N) is 2. The fraction of sp³-hybridized carbons (Fsp3) is 0.484. The zero-order valence-electron chi connectivity index (χ0n) is 23.6. The highest BCUT2D eigenvalue weighted by molar-refractivity contribution is 6.46. The van der Waals surface area contributed by atoms with Gasteiger partial charge in [-0.15, -0.1) is 0 Å². The van der Waals surface area contributed by atoms with Gasteiger partial charge in [0.1, 0.15) is 11.5 Å². The third-order valence-electron chi connectivity index (χ3n) is 7.32. The van der Waals surface area contributed by atoms with E-state index in [0.717, 1.165) is 38.0 Å². The summed E-state index contributed by atoms with van der Waals surface area (Å²) in [5.41, 5.74) is 1.84. The van der Waals surface area contributed by atoms with Crippen molar-refractivity contribution in [1.82, 2.24) is 9.80 Å². The number of rotatable bonds is 12. The molecule has 9 heteroatoms. The van der Waals surface area contributed by atoms with Gasteiger partial charge in [-0.25, -0.2) is 0 Å². The number of likely N-dealkylation sites (tertiary alicyclic amines) is 1. The fourth-order valence-corrected chi connectivity index (χ4v) is 5.16. The van der Waals surface area contributed by atoms with Crippen molar-refractivity contribution in [2.24, 2.45) is 0 Å². The van der Waals surface area contributed by atoms with Gasteiger partial charge in [0.15, 0.2) is 11.5 Å². The van der Waals surface area contributed by atoms with Crippen LogP contribution in [0.25, 0.3) is 5.76 Å². The zero-order valence-corrected chi connectivity index (χ0v) is 23.6. The van der Waals surface area contributed by atoms with Gasteiger partial charge in [-0.05, 0) is 68.1 Å². The Hall–Kier alpha value is -3.56. The second-order valence-corrected chi connectivity index (χ2v) is 10.1. The molecule has 0 spiro atoms. The summed E-state index contributed by atoms with van der Waals surface area (Å²) in [6.07, 6.45) is 2.61. The van der Waals surface area contributed by atoms with Gasteiger partial charge in [-0.1, -0.05) is 19.4 Å². The van der Waals surface area contributed by atoms with Gasteiger partial charge < -0.3 is 29.3 Å². The Morgan fingerprint density at radius 2 is 1.77 bits per heavy atom. The minimum Gasteiger partial charge on any atom is -0.507 e. The van der Waals surface area contributed by atoms with Crippen LogP contribution in [0.3, 0.4) is 0 Å². The monoisotopic (exact) mass is 552 g/mol. The van der Waals surface area contributed by atoms with Crippen molar-refractivity contribution in [3.63, 3.8) is 0 Å². The lowest BCUT2D eigenvalue weighted by Gasteiger charge is -2.29. The Morgan fingerprint density at radius 3 is 2.48 bits per heavy atom. The minimum absolute atomic E-state index is 0.0172. The predicted molar refractivity (Wildman–Crippen MR) is 152 cm³/mol. The van der Waals surface area contributed by atoms with Gasteiger partial charge in [-0.2, -0.15) is 0 Å². The number of benzene rings is 2. The quantitative estimate of drug-likeness (QED) is 0.172. The number of aliphatic hydroxyl groups is 1. The molecule has 1 atom stereocenters. The predicted octanol–water partition coefficient (Wildman–Crippen LogP) is 4.42. The first-order valence-electron chi connectivity index (χ1n) is 14.1. The van der Waals surface area contributed by atoms with Crippen molar-refractivity contribution < 1.29 is 34.0 Å². The summed E-state index contributed by atoms with van der Waals surface area (Å²) in [6.45, 7) is 10.8. The number of ether oxygens (including phenoxy) is 3. The summed E-state index contributed by atoms with van der Waals surface area (Å²) in [7, 11) is 0. The third-order valence-corrected chi connectivity index (χ3v) is 7.32. The van der Waals surface area contributed by atoms with Crippen molar-refractivity contribution in [2.45, 2.75) is 46.1 Å². The fourth-order valence-electron chi connectivity index (χ4n) is 5.16. The Bertz CT molecular complexity index is 1240. The number of hydrogen-bond donors (Lipinski definition) is 2. The number of carbonyl (C=O) groups excluding carboxylic acids is 2. The molecule has 4 rings (SSSR count). The van der Waals surface area contributed by atoms with Crippen LogP contribution in [0.15, 0.2) is 42.0 Å². The summed E-state index contributed by atoms with van der Waals surface area (Å²) in [5.74, 6) is -0.706. The van der Waals surface area contributed by atoms with Gasteiger partial charge in [-0.3, -0.25) is 14.5 Å². The maximum absolute atomic E-state index is 13.4. The second-order valence-electron chi connectivity index (χ2n) is 10.1. The molecule has 0 aliphatic carbocycles. The number of phenolic OH excluding ortho intramolecular Hbond substituents is 1. The highest BCUT2D eigenvalue weighted by Gasteiger charge is 2.46. The van der Waals surface area contributed by atoms with Crippen molar-refractivity contribution in [1.29, 1.82) is 0 Å². The Balaban J connectivity index is 1.69. The van der Waals surface area contributed by atoms with E-state index in [4.69, 9.17) is 14.2 Å². The molecule has 2 aliphatic rings. The Morgan fingerprint density at radius 1 is 1.00 bits per heavy atom. The molecule has 40 heavy (non-hydrogen) atoms. The number of amides is 1. The standard InChI is InChI=1S/C31H40N2O7/c1-4-6-16-40-25-11-9-23(19-21(25)3)29(35)27-28(22-8-10-24(34)26(20-22)39-5-2)33(31(37)30(27)36)13-7-12-32-14-17-38-18-15-32/h8-11,19-20,28,34-35H,4-7,12-18H2,1-3H3/b29-27+/t28-/m0/s1. The molecule has 0 unspecified atom stereocenters. The molecule has 0 radical (unpaired) electrons. The summed E-state index contributed by atoms with van der Waals surface area (Å²) in [4.78, 5) is 30.6. The molecule has 2 aromatic rings. The SMILES string of the molecule is CCCCOc1ccc(/C(O)=C2\C(=O)C(=O)N(CCCN3CCOCC3)[C@H]2c2ccc(O)c(OCC)c2)cc1C. The van der Waals surface area contributed by atoms with Crippen molar-refractivity contribution in [2.75, 3.05) is 52.6 Å². The highest BCUT2D eigenvalue weighted by Crippen LogP contribution is 2.42.